The first kappa shape index (κ1) is 8.47. The minimum absolute atomic E-state index is 0.0563. The number of benzene rings is 1. The molecule has 1 atom stereocenters. The maximum Gasteiger partial charge on any atom is 0.257 e. The van der Waals surface area contributed by atoms with E-state index in [2.05, 4.69) is 5.32 Å². The fourth-order valence-electron chi connectivity index (χ4n) is 1.30. The molecular formula is C8H5ClFNO2. The molecule has 5 heteroatoms. The van der Waals surface area contributed by atoms with E-state index in [9.17, 15) is 14.3 Å². The maximum atomic E-state index is 12.8. The standard InChI is InChI=1S/C8H5ClFNO2/c9-4-1-3(10)2-5-6(4)7(12)8(13)11-5/h1-2,7,12H,(H,11,13). The molecule has 2 N–H and O–H groups in total. The van der Waals surface area contributed by atoms with Gasteiger partial charge in [0.05, 0.1) is 10.7 Å². The van der Waals surface area contributed by atoms with Gasteiger partial charge in [-0.15, -0.1) is 0 Å². The Hall–Kier alpha value is -1.13. The van der Waals surface area contributed by atoms with Gasteiger partial charge in [0.25, 0.3) is 5.91 Å². The number of hydrogen-bond donors (Lipinski definition) is 2. The number of carbonyl (C=O) groups is 1. The lowest BCUT2D eigenvalue weighted by Gasteiger charge is -2.02. The average molecular weight is 202 g/mol. The Morgan fingerprint density at radius 2 is 2.23 bits per heavy atom. The fraction of sp³-hybridized carbons (Fsp3) is 0.125. The SMILES string of the molecule is O=C1Nc2cc(F)cc(Cl)c2C1O. The molecule has 0 radical (unpaired) electrons. The van der Waals surface area contributed by atoms with Crippen LogP contribution in [-0.2, 0) is 4.79 Å². The highest BCUT2D eigenvalue weighted by molar-refractivity contribution is 6.32. The van der Waals surface area contributed by atoms with Crippen molar-refractivity contribution in [2.75, 3.05) is 5.32 Å². The number of nitrogens with one attached hydrogen (secondary N) is 1. The number of aliphatic hydroxyl groups excluding tert-OH is 1. The van der Waals surface area contributed by atoms with Gasteiger partial charge in [0.1, 0.15) is 5.82 Å². The van der Waals surface area contributed by atoms with E-state index in [4.69, 9.17) is 11.6 Å². The number of anilines is 1. The van der Waals surface area contributed by atoms with Crippen LogP contribution in [-0.4, -0.2) is 11.0 Å². The van der Waals surface area contributed by atoms with Crippen molar-refractivity contribution in [3.8, 4) is 0 Å². The molecule has 0 spiro atoms. The lowest BCUT2D eigenvalue weighted by atomic mass is 10.1. The Bertz CT molecular complexity index is 394. The second kappa shape index (κ2) is 2.68. The average Bonchev–Trinajstić information content (AvgIpc) is 2.27. The lowest BCUT2D eigenvalue weighted by Crippen LogP contribution is -2.10. The number of rotatable bonds is 0. The molecule has 2 rings (SSSR count). The summed E-state index contributed by atoms with van der Waals surface area (Å²) < 4.78 is 12.8. The second-order valence-electron chi connectivity index (χ2n) is 2.74. The highest BCUT2D eigenvalue weighted by Crippen LogP contribution is 2.36. The number of halogens is 2. The Morgan fingerprint density at radius 3 is 2.92 bits per heavy atom. The van der Waals surface area contributed by atoms with E-state index < -0.39 is 17.8 Å². The molecule has 1 aromatic carbocycles. The molecule has 0 aliphatic carbocycles. The number of carbonyl (C=O) groups excluding carboxylic acids is 1. The molecule has 1 aliphatic heterocycles. The van der Waals surface area contributed by atoms with Crippen molar-refractivity contribution < 1.29 is 14.3 Å². The smallest absolute Gasteiger partial charge is 0.257 e. The molecule has 3 nitrogen and oxygen atoms in total. The van der Waals surface area contributed by atoms with Crippen LogP contribution in [0.15, 0.2) is 12.1 Å². The first-order chi connectivity index (χ1) is 6.09. The van der Waals surface area contributed by atoms with Crippen LogP contribution in [0.5, 0.6) is 0 Å². The molecule has 68 valence electrons. The van der Waals surface area contributed by atoms with Crippen LogP contribution in [0.3, 0.4) is 0 Å². The summed E-state index contributed by atoms with van der Waals surface area (Å²) in [7, 11) is 0. The number of aliphatic hydroxyl groups is 1. The summed E-state index contributed by atoms with van der Waals surface area (Å²) in [5, 5.41) is 11.7. The molecular weight excluding hydrogens is 197 g/mol. The largest absolute Gasteiger partial charge is 0.378 e. The van der Waals surface area contributed by atoms with Crippen molar-refractivity contribution in [3.05, 3.63) is 28.5 Å². The molecule has 0 fully saturated rings. The lowest BCUT2D eigenvalue weighted by molar-refractivity contribution is -0.123. The van der Waals surface area contributed by atoms with Gasteiger partial charge in [0, 0.05) is 5.56 Å². The van der Waals surface area contributed by atoms with Crippen LogP contribution < -0.4 is 5.32 Å². The summed E-state index contributed by atoms with van der Waals surface area (Å²) in [6, 6.07) is 2.18. The first-order valence-corrected chi connectivity index (χ1v) is 3.95. The zero-order valence-corrected chi connectivity index (χ0v) is 7.10. The van der Waals surface area contributed by atoms with Crippen LogP contribution in [0, 0.1) is 5.82 Å². The summed E-state index contributed by atoms with van der Waals surface area (Å²) in [5.41, 5.74) is 0.482. The first-order valence-electron chi connectivity index (χ1n) is 3.57. The quantitative estimate of drug-likeness (QED) is 0.668. The van der Waals surface area contributed by atoms with Gasteiger partial charge >= 0.3 is 0 Å². The third-order valence-corrected chi connectivity index (χ3v) is 2.19. The van der Waals surface area contributed by atoms with Crippen LogP contribution in [0.25, 0.3) is 0 Å². The highest BCUT2D eigenvalue weighted by Gasteiger charge is 2.31. The summed E-state index contributed by atoms with van der Waals surface area (Å²) in [5.74, 6) is -1.12. The van der Waals surface area contributed by atoms with Crippen molar-refractivity contribution in [2.24, 2.45) is 0 Å². The Balaban J connectivity index is 2.64. The number of fused-ring (bicyclic) bond motifs is 1. The van der Waals surface area contributed by atoms with Crippen LogP contribution >= 0.6 is 11.6 Å². The van der Waals surface area contributed by atoms with E-state index >= 15 is 0 Å². The topological polar surface area (TPSA) is 49.3 Å². The van der Waals surface area contributed by atoms with Crippen molar-refractivity contribution in [2.45, 2.75) is 6.10 Å². The van der Waals surface area contributed by atoms with Gasteiger partial charge < -0.3 is 10.4 Å². The van der Waals surface area contributed by atoms with E-state index in [1.54, 1.807) is 0 Å². The summed E-state index contributed by atoms with van der Waals surface area (Å²) >= 11 is 5.64. The van der Waals surface area contributed by atoms with Gasteiger partial charge in [0.15, 0.2) is 6.10 Å². The molecule has 1 amide bonds. The Kier molecular flexibility index (Phi) is 1.75. The van der Waals surface area contributed by atoms with Crippen molar-refractivity contribution >= 4 is 23.2 Å². The second-order valence-corrected chi connectivity index (χ2v) is 3.15. The third kappa shape index (κ3) is 1.18. The molecule has 1 heterocycles. The predicted molar refractivity (Wildman–Crippen MR) is 45.0 cm³/mol. The minimum Gasteiger partial charge on any atom is -0.378 e. The van der Waals surface area contributed by atoms with Crippen molar-refractivity contribution in [3.63, 3.8) is 0 Å². The van der Waals surface area contributed by atoms with Crippen molar-refractivity contribution in [1.29, 1.82) is 0 Å². The molecule has 1 aromatic rings. The third-order valence-electron chi connectivity index (χ3n) is 1.87. The van der Waals surface area contributed by atoms with Gasteiger partial charge in [-0.05, 0) is 12.1 Å². The zero-order chi connectivity index (χ0) is 9.59. The van der Waals surface area contributed by atoms with E-state index in [1.165, 1.54) is 0 Å². The predicted octanol–water partition coefficient (Wildman–Crippen LogP) is 1.46. The molecule has 0 saturated carbocycles. The van der Waals surface area contributed by atoms with Gasteiger partial charge in [0.2, 0.25) is 0 Å². The Morgan fingerprint density at radius 1 is 1.54 bits per heavy atom. The van der Waals surface area contributed by atoms with Gasteiger partial charge in [-0.3, -0.25) is 4.79 Å². The molecule has 0 bridgehead atoms. The van der Waals surface area contributed by atoms with Gasteiger partial charge in [-0.1, -0.05) is 11.6 Å². The fourth-order valence-corrected chi connectivity index (χ4v) is 1.61. The normalized spacial score (nSPS) is 19.9. The summed E-state index contributed by atoms with van der Waals surface area (Å²) in [4.78, 5) is 11.0. The highest BCUT2D eigenvalue weighted by atomic mass is 35.5. The molecule has 1 unspecified atom stereocenters. The maximum absolute atomic E-state index is 12.8. The van der Waals surface area contributed by atoms with Crippen LogP contribution in [0.4, 0.5) is 10.1 Å². The van der Waals surface area contributed by atoms with E-state index in [0.717, 1.165) is 12.1 Å². The van der Waals surface area contributed by atoms with Crippen molar-refractivity contribution in [1.82, 2.24) is 0 Å². The minimum atomic E-state index is -1.29. The molecule has 1 aliphatic rings. The number of amides is 1. The van der Waals surface area contributed by atoms with E-state index in [0.29, 0.717) is 0 Å². The molecule has 13 heavy (non-hydrogen) atoms. The monoisotopic (exact) mass is 201 g/mol. The van der Waals surface area contributed by atoms with Gasteiger partial charge in [-0.2, -0.15) is 0 Å². The summed E-state index contributed by atoms with van der Waals surface area (Å²) in [6.07, 6.45) is -1.29. The zero-order valence-electron chi connectivity index (χ0n) is 6.34. The van der Waals surface area contributed by atoms with Crippen LogP contribution in [0.2, 0.25) is 5.02 Å². The van der Waals surface area contributed by atoms with E-state index in [1.807, 2.05) is 0 Å². The number of hydrogen-bond acceptors (Lipinski definition) is 2. The summed E-state index contributed by atoms with van der Waals surface area (Å²) in [6.45, 7) is 0. The molecule has 0 saturated heterocycles. The van der Waals surface area contributed by atoms with Crippen LogP contribution in [0.1, 0.15) is 11.7 Å². The van der Waals surface area contributed by atoms with E-state index in [-0.39, 0.29) is 16.3 Å². The Labute approximate surface area is 78.1 Å². The van der Waals surface area contributed by atoms with Gasteiger partial charge in [-0.25, -0.2) is 4.39 Å². The molecule has 0 aromatic heterocycles.